The molecule has 156 valence electrons. The first kappa shape index (κ1) is 22.0. The normalized spacial score (nSPS) is 12.4. The van der Waals surface area contributed by atoms with E-state index in [1.54, 1.807) is 12.1 Å². The van der Waals surface area contributed by atoms with Gasteiger partial charge in [0.2, 0.25) is 0 Å². The van der Waals surface area contributed by atoms with E-state index in [9.17, 15) is 15.0 Å². The maximum atomic E-state index is 12.1. The smallest absolute Gasteiger partial charge is 0.251 e. The summed E-state index contributed by atoms with van der Waals surface area (Å²) in [5, 5.41) is 25.7. The topological polar surface area (TPSA) is 110 Å². The van der Waals surface area contributed by atoms with E-state index < -0.39 is 0 Å². The standard InChI is InChI=1S/C21H32N2O5/c1-20(2,16-13-18(25)22-27-16)11-7-5-9-15(24)10-6-8-12-21(3,4)17-14-19(26)23-28-17/h13-14H,5-12H2,1-4H3,(H,22,25)(H,23,26). The molecular formula is C21H32N2O5. The Morgan fingerprint density at radius 1 is 0.821 bits per heavy atom. The lowest BCUT2D eigenvalue weighted by Gasteiger charge is -2.21. The summed E-state index contributed by atoms with van der Waals surface area (Å²) < 4.78 is 10.3. The second kappa shape index (κ2) is 9.26. The van der Waals surface area contributed by atoms with Crippen molar-refractivity contribution in [2.45, 2.75) is 89.9 Å². The van der Waals surface area contributed by atoms with E-state index >= 15 is 0 Å². The maximum Gasteiger partial charge on any atom is 0.251 e. The number of unbranched alkanes of at least 4 members (excludes halogenated alkanes) is 2. The van der Waals surface area contributed by atoms with Gasteiger partial charge >= 0.3 is 0 Å². The first-order chi connectivity index (χ1) is 13.1. The van der Waals surface area contributed by atoms with Crippen molar-refractivity contribution in [1.82, 2.24) is 10.3 Å². The first-order valence-corrected chi connectivity index (χ1v) is 9.94. The van der Waals surface area contributed by atoms with Crippen LogP contribution in [-0.4, -0.2) is 26.3 Å². The summed E-state index contributed by atoms with van der Waals surface area (Å²) in [7, 11) is 0. The Labute approximate surface area is 166 Å². The molecule has 0 radical (unpaired) electrons. The second-order valence-electron chi connectivity index (χ2n) is 8.82. The number of carbonyl (C=O) groups excluding carboxylic acids is 1. The molecule has 2 aromatic heterocycles. The second-order valence-corrected chi connectivity index (χ2v) is 8.82. The quantitative estimate of drug-likeness (QED) is 0.488. The van der Waals surface area contributed by atoms with E-state index in [1.165, 1.54) is 0 Å². The third-order valence-corrected chi connectivity index (χ3v) is 5.34. The predicted octanol–water partition coefficient (Wildman–Crippen LogP) is 5.02. The van der Waals surface area contributed by atoms with Crippen molar-refractivity contribution >= 4 is 5.78 Å². The lowest BCUT2D eigenvalue weighted by atomic mass is 9.83. The van der Waals surface area contributed by atoms with Crippen molar-refractivity contribution in [3.63, 3.8) is 0 Å². The highest BCUT2D eigenvalue weighted by molar-refractivity contribution is 5.78. The van der Waals surface area contributed by atoms with Gasteiger partial charge in [-0.1, -0.05) is 40.5 Å². The molecule has 2 aromatic rings. The van der Waals surface area contributed by atoms with Gasteiger partial charge in [0.1, 0.15) is 17.3 Å². The lowest BCUT2D eigenvalue weighted by Crippen LogP contribution is -2.16. The SMILES string of the molecule is CC(C)(CCCCC(=O)CCCCC(C)(C)c1cc(O)no1)c1cc(O)no1. The number of nitrogens with zero attached hydrogens (tertiary/aromatic N) is 2. The van der Waals surface area contributed by atoms with Crippen LogP contribution < -0.4 is 0 Å². The van der Waals surface area contributed by atoms with Gasteiger partial charge in [-0.05, 0) is 36.0 Å². The summed E-state index contributed by atoms with van der Waals surface area (Å²) in [5.41, 5.74) is -0.421. The Bertz CT molecular complexity index is 698. The Balaban J connectivity index is 1.60. The van der Waals surface area contributed by atoms with Crippen LogP contribution in [0, 0.1) is 0 Å². The fraction of sp³-hybridized carbons (Fsp3) is 0.667. The Kier molecular flexibility index (Phi) is 7.27. The number of Topliss-reactive ketones (excluding diaryl/α,β-unsaturated/α-hetero) is 1. The number of aromatic nitrogens is 2. The Hall–Kier alpha value is -2.31. The molecule has 2 heterocycles. The third-order valence-electron chi connectivity index (χ3n) is 5.34. The van der Waals surface area contributed by atoms with Gasteiger partial charge in [0.25, 0.3) is 11.8 Å². The number of hydrogen-bond acceptors (Lipinski definition) is 7. The van der Waals surface area contributed by atoms with Crippen LogP contribution in [-0.2, 0) is 15.6 Å². The molecular weight excluding hydrogens is 360 g/mol. The van der Waals surface area contributed by atoms with Gasteiger partial charge in [0.05, 0.1) is 0 Å². The average Bonchev–Trinajstić information content (AvgIpc) is 3.25. The van der Waals surface area contributed by atoms with Gasteiger partial charge in [-0.25, -0.2) is 0 Å². The average molecular weight is 392 g/mol. The van der Waals surface area contributed by atoms with Crippen LogP contribution in [0.25, 0.3) is 0 Å². The molecule has 0 spiro atoms. The number of ketones is 1. The zero-order valence-corrected chi connectivity index (χ0v) is 17.3. The van der Waals surface area contributed by atoms with E-state index in [2.05, 4.69) is 10.3 Å². The van der Waals surface area contributed by atoms with Gasteiger partial charge in [0, 0.05) is 35.8 Å². The molecule has 0 aliphatic carbocycles. The molecule has 0 aliphatic heterocycles. The molecule has 2 N–H and O–H groups in total. The van der Waals surface area contributed by atoms with Crippen LogP contribution in [0.4, 0.5) is 0 Å². The molecule has 0 fully saturated rings. The fourth-order valence-corrected chi connectivity index (χ4v) is 3.32. The van der Waals surface area contributed by atoms with Gasteiger partial charge in [-0.2, -0.15) is 0 Å². The van der Waals surface area contributed by atoms with Gasteiger partial charge < -0.3 is 19.3 Å². The Morgan fingerprint density at radius 2 is 1.21 bits per heavy atom. The number of aromatic hydroxyl groups is 2. The summed E-state index contributed by atoms with van der Waals surface area (Å²) >= 11 is 0. The molecule has 0 aliphatic rings. The number of hydrogen-bond donors (Lipinski definition) is 2. The van der Waals surface area contributed by atoms with Crippen molar-refractivity contribution < 1.29 is 24.1 Å². The molecule has 2 rings (SSSR count). The lowest BCUT2D eigenvalue weighted by molar-refractivity contribution is -0.119. The minimum atomic E-state index is -0.211. The summed E-state index contributed by atoms with van der Waals surface area (Å²) in [4.78, 5) is 12.1. The number of carbonyl (C=O) groups is 1. The van der Waals surface area contributed by atoms with Crippen molar-refractivity contribution in [2.75, 3.05) is 0 Å². The fourth-order valence-electron chi connectivity index (χ4n) is 3.32. The van der Waals surface area contributed by atoms with Crippen molar-refractivity contribution in [1.29, 1.82) is 0 Å². The van der Waals surface area contributed by atoms with Crippen LogP contribution >= 0.6 is 0 Å². The number of rotatable bonds is 12. The molecule has 0 bridgehead atoms. The minimum absolute atomic E-state index is 0.0958. The van der Waals surface area contributed by atoms with Gasteiger partial charge in [0.15, 0.2) is 0 Å². The summed E-state index contributed by atoms with van der Waals surface area (Å²) in [5.74, 6) is 1.44. The van der Waals surface area contributed by atoms with Crippen LogP contribution in [0.5, 0.6) is 11.8 Å². The first-order valence-electron chi connectivity index (χ1n) is 9.94. The van der Waals surface area contributed by atoms with E-state index in [-0.39, 0.29) is 22.6 Å². The highest BCUT2D eigenvalue weighted by atomic mass is 16.5. The van der Waals surface area contributed by atoms with Crippen LogP contribution in [0.1, 0.15) is 90.6 Å². The highest BCUT2D eigenvalue weighted by Crippen LogP contribution is 2.32. The van der Waals surface area contributed by atoms with Crippen molar-refractivity contribution in [3.05, 3.63) is 23.7 Å². The van der Waals surface area contributed by atoms with E-state index in [0.29, 0.717) is 30.1 Å². The molecule has 7 nitrogen and oxygen atoms in total. The van der Waals surface area contributed by atoms with E-state index in [1.807, 2.05) is 27.7 Å². The summed E-state index contributed by atoms with van der Waals surface area (Å²) in [6.07, 6.45) is 6.47. The van der Waals surface area contributed by atoms with Crippen LogP contribution in [0.15, 0.2) is 21.2 Å². The highest BCUT2D eigenvalue weighted by Gasteiger charge is 2.26. The zero-order chi connectivity index (χ0) is 20.8. The van der Waals surface area contributed by atoms with Crippen molar-refractivity contribution in [2.24, 2.45) is 0 Å². The molecule has 0 saturated carbocycles. The van der Waals surface area contributed by atoms with E-state index in [0.717, 1.165) is 38.5 Å². The van der Waals surface area contributed by atoms with Crippen LogP contribution in [0.3, 0.4) is 0 Å². The van der Waals surface area contributed by atoms with Crippen molar-refractivity contribution in [3.8, 4) is 11.8 Å². The molecule has 0 unspecified atom stereocenters. The maximum absolute atomic E-state index is 12.1. The van der Waals surface area contributed by atoms with Crippen LogP contribution in [0.2, 0.25) is 0 Å². The monoisotopic (exact) mass is 392 g/mol. The minimum Gasteiger partial charge on any atom is -0.491 e. The molecule has 0 amide bonds. The summed E-state index contributed by atoms with van der Waals surface area (Å²) in [6.45, 7) is 8.19. The zero-order valence-electron chi connectivity index (χ0n) is 17.3. The van der Waals surface area contributed by atoms with Gasteiger partial charge in [-0.3, -0.25) is 4.79 Å². The predicted molar refractivity (Wildman–Crippen MR) is 104 cm³/mol. The molecule has 0 atom stereocenters. The molecule has 7 heteroatoms. The van der Waals surface area contributed by atoms with Gasteiger partial charge in [-0.15, -0.1) is 0 Å². The third kappa shape index (κ3) is 6.39. The summed E-state index contributed by atoms with van der Waals surface area (Å²) in [6, 6.07) is 3.10. The largest absolute Gasteiger partial charge is 0.491 e. The molecule has 0 aromatic carbocycles. The van der Waals surface area contributed by atoms with E-state index in [4.69, 9.17) is 9.05 Å². The Morgan fingerprint density at radius 3 is 1.54 bits per heavy atom. The molecule has 28 heavy (non-hydrogen) atoms. The molecule has 0 saturated heterocycles.